The minimum atomic E-state index is 0.125. The third kappa shape index (κ3) is 5.71. The first-order chi connectivity index (χ1) is 28.7. The highest BCUT2D eigenvalue weighted by molar-refractivity contribution is 6.11. The quantitative estimate of drug-likeness (QED) is 0.164. The fourth-order valence-corrected chi connectivity index (χ4v) is 9.93. The fourth-order valence-electron chi connectivity index (χ4n) is 9.93. The standard InChI is InChI=1S/C56H47N3/c1-55(2)34-35-56(3,4)50-37-44(30-32-49(50)55)59-53-21-13-10-18-47(53)48-36-43(31-33-54(48)59)57(40-24-22-39(23-25-40)38-14-6-5-7-15-38)41-26-28-42(29-27-41)58-51-19-11-8-16-45(51)46-17-9-12-20-52(46)58/h5-33,36-37H,34-35H2,1-4H3. The van der Waals surface area contributed by atoms with Crippen molar-refractivity contribution >= 4 is 60.7 Å². The van der Waals surface area contributed by atoms with Gasteiger partial charge in [-0.05, 0) is 131 Å². The first-order valence-electron chi connectivity index (χ1n) is 21.0. The van der Waals surface area contributed by atoms with Gasteiger partial charge in [-0.15, -0.1) is 0 Å². The summed E-state index contributed by atoms with van der Waals surface area (Å²) in [6.45, 7) is 9.64. The Morgan fingerprint density at radius 1 is 0.356 bits per heavy atom. The van der Waals surface area contributed by atoms with E-state index >= 15 is 0 Å². The number of hydrogen-bond donors (Lipinski definition) is 0. The monoisotopic (exact) mass is 761 g/mol. The minimum absolute atomic E-state index is 0.125. The normalized spacial score (nSPS) is 14.6. The topological polar surface area (TPSA) is 13.1 Å². The van der Waals surface area contributed by atoms with E-state index in [0.29, 0.717) is 0 Å². The zero-order valence-electron chi connectivity index (χ0n) is 34.2. The van der Waals surface area contributed by atoms with Crippen molar-refractivity contribution in [2.45, 2.75) is 51.4 Å². The predicted molar refractivity (Wildman–Crippen MR) is 251 cm³/mol. The van der Waals surface area contributed by atoms with Crippen LogP contribution in [0.25, 0.3) is 66.1 Å². The minimum Gasteiger partial charge on any atom is -0.310 e. The summed E-state index contributed by atoms with van der Waals surface area (Å²) < 4.78 is 4.86. The first-order valence-corrected chi connectivity index (χ1v) is 21.0. The summed E-state index contributed by atoms with van der Waals surface area (Å²) in [5.41, 5.74) is 16.2. The van der Waals surface area contributed by atoms with Crippen molar-refractivity contribution in [3.63, 3.8) is 0 Å². The Kier molecular flexibility index (Phi) is 8.00. The molecule has 0 N–H and O–H groups in total. The molecule has 2 aromatic heterocycles. The van der Waals surface area contributed by atoms with Crippen LogP contribution in [0.4, 0.5) is 17.1 Å². The summed E-state index contributed by atoms with van der Waals surface area (Å²) in [4.78, 5) is 2.40. The molecule has 59 heavy (non-hydrogen) atoms. The van der Waals surface area contributed by atoms with Crippen LogP contribution in [-0.2, 0) is 10.8 Å². The molecule has 2 heterocycles. The smallest absolute Gasteiger partial charge is 0.0542 e. The maximum atomic E-state index is 2.48. The number of nitrogens with zero attached hydrogens (tertiary/aromatic N) is 3. The summed E-state index contributed by atoms with van der Waals surface area (Å²) in [5.74, 6) is 0. The van der Waals surface area contributed by atoms with E-state index < -0.39 is 0 Å². The van der Waals surface area contributed by atoms with Gasteiger partial charge in [0.15, 0.2) is 0 Å². The number of rotatable bonds is 6. The van der Waals surface area contributed by atoms with Crippen molar-refractivity contribution in [1.82, 2.24) is 9.13 Å². The van der Waals surface area contributed by atoms with E-state index in [0.717, 1.165) is 22.7 Å². The zero-order chi connectivity index (χ0) is 39.9. The summed E-state index contributed by atoms with van der Waals surface area (Å²) in [7, 11) is 0. The van der Waals surface area contributed by atoms with Gasteiger partial charge in [-0.25, -0.2) is 0 Å². The van der Waals surface area contributed by atoms with Gasteiger partial charge >= 0.3 is 0 Å². The lowest BCUT2D eigenvalue weighted by Gasteiger charge is -2.42. The van der Waals surface area contributed by atoms with E-state index in [2.05, 4.69) is 230 Å². The van der Waals surface area contributed by atoms with Crippen LogP contribution in [0.3, 0.4) is 0 Å². The first kappa shape index (κ1) is 35.3. The predicted octanol–water partition coefficient (Wildman–Crippen LogP) is 15.4. The van der Waals surface area contributed by atoms with Gasteiger partial charge in [0.2, 0.25) is 0 Å². The van der Waals surface area contributed by atoms with Crippen LogP contribution in [0.15, 0.2) is 188 Å². The molecule has 0 aliphatic heterocycles. The van der Waals surface area contributed by atoms with Crippen LogP contribution < -0.4 is 4.90 Å². The largest absolute Gasteiger partial charge is 0.310 e. The molecule has 0 amide bonds. The zero-order valence-corrected chi connectivity index (χ0v) is 34.2. The molecule has 8 aromatic carbocycles. The van der Waals surface area contributed by atoms with Gasteiger partial charge in [0.25, 0.3) is 0 Å². The Morgan fingerprint density at radius 2 is 0.797 bits per heavy atom. The number of para-hydroxylation sites is 3. The molecule has 0 spiro atoms. The van der Waals surface area contributed by atoms with E-state index in [9.17, 15) is 0 Å². The summed E-state index contributed by atoms with van der Waals surface area (Å²) in [6.07, 6.45) is 2.40. The maximum Gasteiger partial charge on any atom is 0.0542 e. The van der Waals surface area contributed by atoms with Crippen molar-refractivity contribution < 1.29 is 0 Å². The average molecular weight is 762 g/mol. The highest BCUT2D eigenvalue weighted by atomic mass is 15.1. The molecule has 0 radical (unpaired) electrons. The highest BCUT2D eigenvalue weighted by Crippen LogP contribution is 2.47. The SMILES string of the molecule is CC1(C)CCC(C)(C)c2cc(-n3c4ccccc4c4cc(N(c5ccc(-c6ccccc6)cc5)c5ccc(-n6c7ccccc7c7ccccc76)cc5)ccc43)ccc21. The van der Waals surface area contributed by atoms with Crippen molar-refractivity contribution in [3.05, 3.63) is 199 Å². The Labute approximate surface area is 346 Å². The van der Waals surface area contributed by atoms with Crippen molar-refractivity contribution in [1.29, 1.82) is 0 Å². The van der Waals surface area contributed by atoms with Crippen LogP contribution in [0.1, 0.15) is 51.7 Å². The van der Waals surface area contributed by atoms with E-state index in [4.69, 9.17) is 0 Å². The lowest BCUT2D eigenvalue weighted by Crippen LogP contribution is -2.33. The number of benzene rings is 8. The molecule has 10 aromatic rings. The lowest BCUT2D eigenvalue weighted by atomic mass is 9.63. The van der Waals surface area contributed by atoms with Gasteiger partial charge in [-0.2, -0.15) is 0 Å². The van der Waals surface area contributed by atoms with Gasteiger partial charge in [0.05, 0.1) is 22.1 Å². The third-order valence-electron chi connectivity index (χ3n) is 13.2. The number of fused-ring (bicyclic) bond motifs is 7. The highest BCUT2D eigenvalue weighted by Gasteiger charge is 2.37. The molecular weight excluding hydrogens is 715 g/mol. The molecule has 1 aliphatic rings. The van der Waals surface area contributed by atoms with Crippen LogP contribution in [0, 0.1) is 0 Å². The van der Waals surface area contributed by atoms with Crippen LogP contribution in [0.5, 0.6) is 0 Å². The molecule has 286 valence electrons. The number of anilines is 3. The molecular formula is C56H47N3. The van der Waals surface area contributed by atoms with Gasteiger partial charge < -0.3 is 14.0 Å². The van der Waals surface area contributed by atoms with Crippen LogP contribution in [-0.4, -0.2) is 9.13 Å². The Morgan fingerprint density at radius 3 is 1.41 bits per heavy atom. The Bertz CT molecular complexity index is 3140. The Balaban J connectivity index is 1.07. The van der Waals surface area contributed by atoms with E-state index in [1.807, 2.05) is 0 Å². The number of hydrogen-bond acceptors (Lipinski definition) is 1. The average Bonchev–Trinajstić information content (AvgIpc) is 3.79. The number of aromatic nitrogens is 2. The van der Waals surface area contributed by atoms with Gasteiger partial charge in [-0.1, -0.05) is 131 Å². The van der Waals surface area contributed by atoms with Crippen molar-refractivity contribution in [3.8, 4) is 22.5 Å². The third-order valence-corrected chi connectivity index (χ3v) is 13.2. The molecule has 0 fully saturated rings. The van der Waals surface area contributed by atoms with Gasteiger partial charge in [-0.3, -0.25) is 0 Å². The molecule has 1 aliphatic carbocycles. The molecule has 11 rings (SSSR count). The molecule has 0 saturated carbocycles. The Hall–Kier alpha value is -6.84. The van der Waals surface area contributed by atoms with Crippen molar-refractivity contribution in [2.24, 2.45) is 0 Å². The summed E-state index contributed by atoms with van der Waals surface area (Å²) in [5, 5.41) is 5.02. The molecule has 0 atom stereocenters. The van der Waals surface area contributed by atoms with E-state index in [1.54, 1.807) is 0 Å². The van der Waals surface area contributed by atoms with Gasteiger partial charge in [0.1, 0.15) is 0 Å². The molecule has 0 saturated heterocycles. The fraction of sp³-hybridized carbons (Fsp3) is 0.143. The van der Waals surface area contributed by atoms with Gasteiger partial charge in [0, 0.05) is 50.0 Å². The van der Waals surface area contributed by atoms with Crippen LogP contribution >= 0.6 is 0 Å². The second kappa shape index (κ2) is 13.4. The maximum absolute atomic E-state index is 2.48. The van der Waals surface area contributed by atoms with Crippen molar-refractivity contribution in [2.75, 3.05) is 4.90 Å². The van der Waals surface area contributed by atoms with E-state index in [-0.39, 0.29) is 10.8 Å². The summed E-state index contributed by atoms with van der Waals surface area (Å²) >= 11 is 0. The molecule has 3 nitrogen and oxygen atoms in total. The summed E-state index contributed by atoms with van der Waals surface area (Å²) in [6, 6.07) is 69.3. The molecule has 3 heteroatoms. The van der Waals surface area contributed by atoms with E-state index in [1.165, 1.54) is 84.4 Å². The second-order valence-electron chi connectivity index (χ2n) is 17.7. The van der Waals surface area contributed by atoms with Crippen LogP contribution in [0.2, 0.25) is 0 Å². The molecule has 0 bridgehead atoms. The second-order valence-corrected chi connectivity index (χ2v) is 17.7. The lowest BCUT2D eigenvalue weighted by molar-refractivity contribution is 0.332. The molecule has 0 unspecified atom stereocenters.